The third kappa shape index (κ3) is 3.15. The summed E-state index contributed by atoms with van der Waals surface area (Å²) in [5.41, 5.74) is -1.13. The second-order valence-corrected chi connectivity index (χ2v) is 4.95. The fourth-order valence-corrected chi connectivity index (χ4v) is 2.14. The molecule has 0 aromatic heterocycles. The topological polar surface area (TPSA) is 69.6 Å². The van der Waals surface area contributed by atoms with E-state index in [-0.39, 0.29) is 6.03 Å². The van der Waals surface area contributed by atoms with Crippen molar-refractivity contribution in [3.05, 3.63) is 0 Å². The highest BCUT2D eigenvalue weighted by Crippen LogP contribution is 2.27. The van der Waals surface area contributed by atoms with Gasteiger partial charge < -0.3 is 15.3 Å². The molecule has 1 saturated carbocycles. The van der Waals surface area contributed by atoms with Gasteiger partial charge in [0.2, 0.25) is 0 Å². The first-order valence-electron chi connectivity index (χ1n) is 6.82. The van der Waals surface area contributed by atoms with Gasteiger partial charge in [-0.05, 0) is 32.1 Å². The zero-order chi connectivity index (χ0) is 13.8. The molecule has 2 N–H and O–H groups in total. The summed E-state index contributed by atoms with van der Waals surface area (Å²) in [6.07, 6.45) is 3.75. The summed E-state index contributed by atoms with van der Waals surface area (Å²) in [5, 5.41) is 12.0. The Hall–Kier alpha value is -1.26. The number of carbonyl (C=O) groups is 2. The van der Waals surface area contributed by atoms with Crippen LogP contribution in [0.5, 0.6) is 0 Å². The van der Waals surface area contributed by atoms with Gasteiger partial charge in [-0.25, -0.2) is 9.59 Å². The fourth-order valence-electron chi connectivity index (χ4n) is 2.14. The van der Waals surface area contributed by atoms with E-state index in [1.54, 1.807) is 18.7 Å². The molecule has 0 radical (unpaired) electrons. The third-order valence-electron chi connectivity index (χ3n) is 3.68. The molecule has 0 unspecified atom stereocenters. The van der Waals surface area contributed by atoms with Crippen LogP contribution in [0.4, 0.5) is 4.79 Å². The number of hydrogen-bond acceptors (Lipinski definition) is 2. The van der Waals surface area contributed by atoms with E-state index in [0.29, 0.717) is 25.4 Å². The second kappa shape index (κ2) is 6.07. The Morgan fingerprint density at radius 1 is 1.28 bits per heavy atom. The number of nitrogens with zero attached hydrogens (tertiary/aromatic N) is 1. The van der Waals surface area contributed by atoms with Crippen molar-refractivity contribution in [1.82, 2.24) is 10.2 Å². The number of urea groups is 1. The number of carboxylic acid groups (broad SMARTS) is 1. The van der Waals surface area contributed by atoms with Crippen LogP contribution in [0.2, 0.25) is 0 Å². The van der Waals surface area contributed by atoms with Crippen molar-refractivity contribution in [3.8, 4) is 0 Å². The molecule has 5 nitrogen and oxygen atoms in total. The van der Waals surface area contributed by atoms with Gasteiger partial charge >= 0.3 is 12.0 Å². The standard InChI is InChI=1S/C13H24N2O3/c1-4-9-15(10-7-8-10)12(18)14-13(5-2,6-3)11(16)17/h10H,4-9H2,1-3H3,(H,14,18)(H,16,17). The lowest BCUT2D eigenvalue weighted by molar-refractivity contribution is -0.144. The molecule has 5 heteroatoms. The molecule has 0 atom stereocenters. The molecule has 0 spiro atoms. The summed E-state index contributed by atoms with van der Waals surface area (Å²) in [4.78, 5) is 25.3. The Labute approximate surface area is 109 Å². The smallest absolute Gasteiger partial charge is 0.329 e. The molecular formula is C13H24N2O3. The minimum Gasteiger partial charge on any atom is -0.480 e. The van der Waals surface area contributed by atoms with Crippen LogP contribution in [0.15, 0.2) is 0 Å². The van der Waals surface area contributed by atoms with Gasteiger partial charge in [-0.3, -0.25) is 0 Å². The summed E-state index contributed by atoms with van der Waals surface area (Å²) in [6, 6.07) is 0.0793. The van der Waals surface area contributed by atoms with Crippen LogP contribution in [0.3, 0.4) is 0 Å². The zero-order valence-electron chi connectivity index (χ0n) is 11.5. The van der Waals surface area contributed by atoms with Gasteiger partial charge in [0.1, 0.15) is 5.54 Å². The molecule has 1 rings (SSSR count). The van der Waals surface area contributed by atoms with Crippen molar-refractivity contribution >= 4 is 12.0 Å². The first-order valence-corrected chi connectivity index (χ1v) is 6.82. The molecule has 0 aromatic rings. The molecule has 0 aliphatic heterocycles. The zero-order valence-corrected chi connectivity index (χ0v) is 11.5. The molecular weight excluding hydrogens is 232 g/mol. The fraction of sp³-hybridized carbons (Fsp3) is 0.846. The highest BCUT2D eigenvalue weighted by Gasteiger charge is 2.40. The summed E-state index contributed by atoms with van der Waals surface area (Å²) in [6.45, 7) is 6.30. The summed E-state index contributed by atoms with van der Waals surface area (Å²) < 4.78 is 0. The van der Waals surface area contributed by atoms with Gasteiger partial charge in [-0.2, -0.15) is 0 Å². The van der Waals surface area contributed by atoms with E-state index >= 15 is 0 Å². The molecule has 2 amide bonds. The van der Waals surface area contributed by atoms with Gasteiger partial charge in [0.15, 0.2) is 0 Å². The van der Waals surface area contributed by atoms with Crippen molar-refractivity contribution in [2.75, 3.05) is 6.54 Å². The van der Waals surface area contributed by atoms with E-state index in [1.165, 1.54) is 0 Å². The first kappa shape index (κ1) is 14.8. The van der Waals surface area contributed by atoms with E-state index in [2.05, 4.69) is 5.32 Å². The highest BCUT2D eigenvalue weighted by atomic mass is 16.4. The normalized spacial score (nSPS) is 15.3. The summed E-state index contributed by atoms with van der Waals surface area (Å²) in [7, 11) is 0. The quantitative estimate of drug-likeness (QED) is 0.733. The predicted molar refractivity (Wildman–Crippen MR) is 69.5 cm³/mol. The summed E-state index contributed by atoms with van der Waals surface area (Å²) in [5.74, 6) is -0.951. The van der Waals surface area contributed by atoms with Gasteiger partial charge in [0, 0.05) is 12.6 Å². The van der Waals surface area contributed by atoms with Crippen LogP contribution >= 0.6 is 0 Å². The van der Waals surface area contributed by atoms with Crippen LogP contribution in [0.1, 0.15) is 52.9 Å². The molecule has 1 aliphatic rings. The lowest BCUT2D eigenvalue weighted by Gasteiger charge is -2.32. The van der Waals surface area contributed by atoms with Crippen LogP contribution in [-0.4, -0.2) is 40.1 Å². The molecule has 18 heavy (non-hydrogen) atoms. The maximum absolute atomic E-state index is 12.2. The Kier molecular flexibility index (Phi) is 4.99. The molecule has 1 fully saturated rings. The molecule has 0 aromatic carbocycles. The number of aliphatic carboxylic acids is 1. The SMILES string of the molecule is CCCN(C(=O)NC(CC)(CC)C(=O)O)C1CC1. The Balaban J connectivity index is 2.73. The minimum absolute atomic E-state index is 0.231. The molecule has 1 aliphatic carbocycles. The van der Waals surface area contributed by atoms with E-state index in [1.807, 2.05) is 6.92 Å². The van der Waals surface area contributed by atoms with Crippen LogP contribution in [-0.2, 0) is 4.79 Å². The average molecular weight is 256 g/mol. The lowest BCUT2D eigenvalue weighted by atomic mass is 9.93. The van der Waals surface area contributed by atoms with Crippen LogP contribution in [0, 0.1) is 0 Å². The number of carbonyl (C=O) groups excluding carboxylic acids is 1. The van der Waals surface area contributed by atoms with Crippen molar-refractivity contribution < 1.29 is 14.7 Å². The largest absolute Gasteiger partial charge is 0.480 e. The second-order valence-electron chi connectivity index (χ2n) is 4.95. The molecule has 104 valence electrons. The first-order chi connectivity index (χ1) is 8.50. The minimum atomic E-state index is -1.13. The highest BCUT2D eigenvalue weighted by molar-refractivity contribution is 5.86. The molecule has 0 saturated heterocycles. The monoisotopic (exact) mass is 256 g/mol. The Morgan fingerprint density at radius 2 is 1.83 bits per heavy atom. The van der Waals surface area contributed by atoms with Gasteiger partial charge in [0.05, 0.1) is 0 Å². The lowest BCUT2D eigenvalue weighted by Crippen LogP contribution is -2.57. The van der Waals surface area contributed by atoms with Crippen molar-refractivity contribution in [2.45, 2.75) is 64.5 Å². The number of carboxylic acids is 1. The molecule has 0 heterocycles. The summed E-state index contributed by atoms with van der Waals surface area (Å²) >= 11 is 0. The maximum atomic E-state index is 12.2. The Bertz CT molecular complexity index is 309. The maximum Gasteiger partial charge on any atom is 0.329 e. The average Bonchev–Trinajstić information content (AvgIpc) is 3.16. The van der Waals surface area contributed by atoms with E-state index in [4.69, 9.17) is 0 Å². The van der Waals surface area contributed by atoms with Crippen LogP contribution in [0.25, 0.3) is 0 Å². The van der Waals surface area contributed by atoms with Gasteiger partial charge in [-0.1, -0.05) is 20.8 Å². The molecule has 0 bridgehead atoms. The predicted octanol–water partition coefficient (Wildman–Crippen LogP) is 2.21. The number of hydrogen-bond donors (Lipinski definition) is 2. The Morgan fingerprint density at radius 3 is 2.17 bits per heavy atom. The van der Waals surface area contributed by atoms with E-state index in [9.17, 15) is 14.7 Å². The van der Waals surface area contributed by atoms with Crippen LogP contribution < -0.4 is 5.32 Å². The van der Waals surface area contributed by atoms with E-state index in [0.717, 1.165) is 19.3 Å². The number of nitrogens with one attached hydrogen (secondary N) is 1. The van der Waals surface area contributed by atoms with Crippen molar-refractivity contribution in [3.63, 3.8) is 0 Å². The van der Waals surface area contributed by atoms with Gasteiger partial charge in [-0.15, -0.1) is 0 Å². The third-order valence-corrected chi connectivity index (χ3v) is 3.68. The number of amides is 2. The van der Waals surface area contributed by atoms with Crippen molar-refractivity contribution in [2.24, 2.45) is 0 Å². The van der Waals surface area contributed by atoms with Gasteiger partial charge in [0.25, 0.3) is 0 Å². The number of rotatable bonds is 7. The van der Waals surface area contributed by atoms with E-state index < -0.39 is 11.5 Å². The van der Waals surface area contributed by atoms with Crippen molar-refractivity contribution in [1.29, 1.82) is 0 Å².